The van der Waals surface area contributed by atoms with E-state index in [0.717, 1.165) is 6.42 Å². The lowest BCUT2D eigenvalue weighted by atomic mass is 10.1. The van der Waals surface area contributed by atoms with Crippen LogP contribution >= 0.6 is 11.8 Å². The summed E-state index contributed by atoms with van der Waals surface area (Å²) in [6, 6.07) is 4.65. The van der Waals surface area contributed by atoms with Gasteiger partial charge in [-0.2, -0.15) is 0 Å². The number of nitro groups is 1. The monoisotopic (exact) mass is 295 g/mol. The first-order chi connectivity index (χ1) is 9.56. The van der Waals surface area contributed by atoms with Crippen LogP contribution in [0.1, 0.15) is 16.8 Å². The third kappa shape index (κ3) is 2.94. The summed E-state index contributed by atoms with van der Waals surface area (Å²) >= 11 is 1.30. The zero-order valence-corrected chi connectivity index (χ0v) is 12.1. The highest BCUT2D eigenvalue weighted by Gasteiger charge is 2.27. The van der Waals surface area contributed by atoms with Gasteiger partial charge in [0.1, 0.15) is 0 Å². The third-order valence-corrected chi connectivity index (χ3v) is 4.31. The Bertz CT molecular complexity index is 536. The summed E-state index contributed by atoms with van der Waals surface area (Å²) in [4.78, 5) is 25.2. The summed E-state index contributed by atoms with van der Waals surface area (Å²) in [7, 11) is 0. The Morgan fingerprint density at radius 1 is 1.60 bits per heavy atom. The number of hydrogen-bond donors (Lipinski definition) is 1. The van der Waals surface area contributed by atoms with Crippen molar-refractivity contribution in [2.24, 2.45) is 11.7 Å². The highest BCUT2D eigenvalue weighted by atomic mass is 32.2. The SMILES string of the molecule is CSc1ccc(C(=O)N2CCC(CN)C2)cc1[N+](=O)[O-]. The first-order valence-electron chi connectivity index (χ1n) is 6.38. The second-order valence-electron chi connectivity index (χ2n) is 4.79. The van der Waals surface area contributed by atoms with Crippen LogP contribution in [0.3, 0.4) is 0 Å². The Balaban J connectivity index is 2.23. The van der Waals surface area contributed by atoms with E-state index in [0.29, 0.717) is 36.0 Å². The maximum Gasteiger partial charge on any atom is 0.283 e. The number of thioether (sulfide) groups is 1. The average Bonchev–Trinajstić information content (AvgIpc) is 2.94. The van der Waals surface area contributed by atoms with Gasteiger partial charge in [-0.25, -0.2) is 0 Å². The second kappa shape index (κ2) is 6.23. The number of hydrogen-bond acceptors (Lipinski definition) is 5. The molecule has 1 aromatic rings. The van der Waals surface area contributed by atoms with Gasteiger partial charge in [-0.15, -0.1) is 11.8 Å². The number of nitrogens with two attached hydrogens (primary N) is 1. The van der Waals surface area contributed by atoms with E-state index in [1.165, 1.54) is 17.8 Å². The molecule has 108 valence electrons. The van der Waals surface area contributed by atoms with Crippen LogP contribution in [0.2, 0.25) is 0 Å². The number of rotatable bonds is 4. The number of likely N-dealkylation sites (tertiary alicyclic amines) is 1. The molecule has 2 rings (SSSR count). The fourth-order valence-corrected chi connectivity index (χ4v) is 2.90. The van der Waals surface area contributed by atoms with E-state index >= 15 is 0 Å². The predicted octanol–water partition coefficient (Wildman–Crippen LogP) is 1.74. The summed E-state index contributed by atoms with van der Waals surface area (Å²) in [6.45, 7) is 1.86. The van der Waals surface area contributed by atoms with E-state index < -0.39 is 4.92 Å². The standard InChI is InChI=1S/C13H17N3O3S/c1-20-12-3-2-10(6-11(12)16(18)19)13(17)15-5-4-9(7-14)8-15/h2-3,6,9H,4-5,7-8,14H2,1H3. The van der Waals surface area contributed by atoms with E-state index in [9.17, 15) is 14.9 Å². The zero-order chi connectivity index (χ0) is 14.7. The van der Waals surface area contributed by atoms with Crippen molar-refractivity contribution in [3.8, 4) is 0 Å². The summed E-state index contributed by atoms with van der Waals surface area (Å²) in [5, 5.41) is 11.0. The van der Waals surface area contributed by atoms with Crippen LogP contribution in [-0.2, 0) is 0 Å². The summed E-state index contributed by atoms with van der Waals surface area (Å²) < 4.78 is 0. The van der Waals surface area contributed by atoms with Crippen LogP contribution in [0.25, 0.3) is 0 Å². The van der Waals surface area contributed by atoms with E-state index in [2.05, 4.69) is 0 Å². The Kier molecular flexibility index (Phi) is 4.61. The molecule has 1 aromatic carbocycles. The van der Waals surface area contributed by atoms with E-state index in [4.69, 9.17) is 5.73 Å². The Labute approximate surface area is 121 Å². The summed E-state index contributed by atoms with van der Waals surface area (Å²) in [5.74, 6) is 0.177. The Morgan fingerprint density at radius 3 is 2.90 bits per heavy atom. The molecule has 6 nitrogen and oxygen atoms in total. The molecular weight excluding hydrogens is 278 g/mol. The second-order valence-corrected chi connectivity index (χ2v) is 5.63. The molecule has 1 amide bonds. The molecular formula is C13H17N3O3S. The molecule has 1 unspecified atom stereocenters. The molecule has 1 atom stereocenters. The van der Waals surface area contributed by atoms with Gasteiger partial charge in [0.25, 0.3) is 11.6 Å². The summed E-state index contributed by atoms with van der Waals surface area (Å²) in [6.07, 6.45) is 2.67. The van der Waals surface area contributed by atoms with Gasteiger partial charge in [-0.1, -0.05) is 0 Å². The van der Waals surface area contributed by atoms with Crippen molar-refractivity contribution in [2.75, 3.05) is 25.9 Å². The fraction of sp³-hybridized carbons (Fsp3) is 0.462. The van der Waals surface area contributed by atoms with Gasteiger partial charge in [0.05, 0.1) is 9.82 Å². The molecule has 7 heteroatoms. The lowest BCUT2D eigenvalue weighted by molar-refractivity contribution is -0.387. The lowest BCUT2D eigenvalue weighted by Crippen LogP contribution is -2.29. The normalized spacial score (nSPS) is 18.3. The van der Waals surface area contributed by atoms with Crippen molar-refractivity contribution in [1.82, 2.24) is 4.90 Å². The van der Waals surface area contributed by atoms with Gasteiger partial charge < -0.3 is 10.6 Å². The van der Waals surface area contributed by atoms with E-state index in [-0.39, 0.29) is 11.6 Å². The minimum Gasteiger partial charge on any atom is -0.338 e. The quantitative estimate of drug-likeness (QED) is 0.519. The number of amides is 1. The first kappa shape index (κ1) is 14.8. The van der Waals surface area contributed by atoms with Crippen molar-refractivity contribution in [1.29, 1.82) is 0 Å². The highest BCUT2D eigenvalue weighted by Crippen LogP contribution is 2.29. The van der Waals surface area contributed by atoms with Crippen LogP contribution in [0, 0.1) is 16.0 Å². The van der Waals surface area contributed by atoms with Crippen LogP contribution in [0.4, 0.5) is 5.69 Å². The molecule has 0 spiro atoms. The number of carbonyl (C=O) groups excluding carboxylic acids is 1. The van der Waals surface area contributed by atoms with Gasteiger partial charge in [-0.05, 0) is 37.3 Å². The molecule has 1 aliphatic rings. The minimum atomic E-state index is -0.449. The number of benzene rings is 1. The molecule has 20 heavy (non-hydrogen) atoms. The van der Waals surface area contributed by atoms with Crippen molar-refractivity contribution in [2.45, 2.75) is 11.3 Å². The maximum absolute atomic E-state index is 12.3. The van der Waals surface area contributed by atoms with Gasteiger partial charge in [-0.3, -0.25) is 14.9 Å². The molecule has 0 aliphatic carbocycles. The van der Waals surface area contributed by atoms with Crippen LogP contribution in [0.5, 0.6) is 0 Å². The van der Waals surface area contributed by atoms with E-state index in [1.807, 2.05) is 0 Å². The molecule has 0 bridgehead atoms. The van der Waals surface area contributed by atoms with Crippen LogP contribution in [0.15, 0.2) is 23.1 Å². The number of carbonyl (C=O) groups is 1. The first-order valence-corrected chi connectivity index (χ1v) is 7.61. The third-order valence-electron chi connectivity index (χ3n) is 3.53. The van der Waals surface area contributed by atoms with Crippen LogP contribution in [-0.4, -0.2) is 41.6 Å². The minimum absolute atomic E-state index is 0.0158. The Morgan fingerprint density at radius 2 is 2.35 bits per heavy atom. The van der Waals surface area contributed by atoms with Crippen molar-refractivity contribution in [3.63, 3.8) is 0 Å². The topological polar surface area (TPSA) is 89.5 Å². The molecule has 0 aromatic heterocycles. The molecule has 2 N–H and O–H groups in total. The van der Waals surface area contributed by atoms with Crippen molar-refractivity contribution in [3.05, 3.63) is 33.9 Å². The Hall–Kier alpha value is -1.60. The molecule has 1 heterocycles. The average molecular weight is 295 g/mol. The molecule has 0 saturated carbocycles. The van der Waals surface area contributed by atoms with E-state index in [1.54, 1.807) is 23.3 Å². The number of nitro benzene ring substituents is 1. The van der Waals surface area contributed by atoms with Crippen molar-refractivity contribution < 1.29 is 9.72 Å². The lowest BCUT2D eigenvalue weighted by Gasteiger charge is -2.16. The zero-order valence-electron chi connectivity index (χ0n) is 11.2. The smallest absolute Gasteiger partial charge is 0.283 e. The molecule has 1 aliphatic heterocycles. The molecule has 1 fully saturated rings. The maximum atomic E-state index is 12.3. The fourth-order valence-electron chi connectivity index (χ4n) is 2.36. The van der Waals surface area contributed by atoms with Gasteiger partial charge in [0.2, 0.25) is 0 Å². The predicted molar refractivity (Wildman–Crippen MR) is 77.9 cm³/mol. The largest absolute Gasteiger partial charge is 0.338 e. The highest BCUT2D eigenvalue weighted by molar-refractivity contribution is 7.98. The number of nitrogens with zero attached hydrogens (tertiary/aromatic N) is 2. The van der Waals surface area contributed by atoms with Gasteiger partial charge >= 0.3 is 0 Å². The van der Waals surface area contributed by atoms with Gasteiger partial charge in [0, 0.05) is 24.7 Å². The van der Waals surface area contributed by atoms with Gasteiger partial charge in [0.15, 0.2) is 0 Å². The van der Waals surface area contributed by atoms with Crippen LogP contribution < -0.4 is 5.73 Å². The molecule has 0 radical (unpaired) electrons. The molecule has 1 saturated heterocycles. The van der Waals surface area contributed by atoms with Crippen molar-refractivity contribution >= 4 is 23.4 Å². The summed E-state index contributed by atoms with van der Waals surface area (Å²) in [5.41, 5.74) is 5.96.